The zero-order valence-corrected chi connectivity index (χ0v) is 23.4. The zero-order chi connectivity index (χ0) is 27.1. The second-order valence-electron chi connectivity index (χ2n) is 8.40. The second-order valence-corrected chi connectivity index (χ2v) is 9.25. The summed E-state index contributed by atoms with van der Waals surface area (Å²) in [4.78, 5) is 12.5. The molecule has 2 heterocycles. The molecule has 9 heteroatoms. The fraction of sp³-hybridized carbons (Fsp3) is 0.241. The van der Waals surface area contributed by atoms with E-state index in [9.17, 15) is 4.79 Å². The first-order valence-corrected chi connectivity index (χ1v) is 13.1. The van der Waals surface area contributed by atoms with E-state index < -0.39 is 5.91 Å². The van der Waals surface area contributed by atoms with Crippen molar-refractivity contribution in [2.45, 2.75) is 34.3 Å². The lowest BCUT2D eigenvalue weighted by Gasteiger charge is -2.13. The maximum Gasteiger partial charge on any atom is 0.307 e. The molecule has 4 aromatic rings. The molecule has 0 atom stereocenters. The number of ether oxygens (including phenoxy) is 3. The first-order chi connectivity index (χ1) is 18.4. The Bertz CT molecular complexity index is 1400. The molecule has 2 aromatic heterocycles. The highest BCUT2D eigenvalue weighted by Gasteiger charge is 2.13. The minimum Gasteiger partial charge on any atom is -0.490 e. The van der Waals surface area contributed by atoms with Crippen molar-refractivity contribution in [3.8, 4) is 22.9 Å². The molecule has 0 aliphatic rings. The summed E-state index contributed by atoms with van der Waals surface area (Å²) < 4.78 is 25.7. The number of amides is 1. The van der Waals surface area contributed by atoms with E-state index in [1.165, 1.54) is 17.6 Å². The van der Waals surface area contributed by atoms with Gasteiger partial charge in [-0.05, 0) is 110 Å². The Morgan fingerprint density at radius 1 is 0.974 bits per heavy atom. The van der Waals surface area contributed by atoms with Gasteiger partial charge in [0.15, 0.2) is 17.3 Å². The maximum atomic E-state index is 12.5. The number of nitrogens with one attached hydrogen (secondary N) is 1. The van der Waals surface area contributed by atoms with Gasteiger partial charge in [-0.2, -0.15) is 5.10 Å². The predicted octanol–water partition coefficient (Wildman–Crippen LogP) is 6.59. The van der Waals surface area contributed by atoms with Crippen LogP contribution >= 0.6 is 15.9 Å². The SMILES string of the molecule is CCOc1cc(/C=N/NC(=O)c2ccc(COc3ccc(-n4c(C)ccc4C)cc3)o2)cc(Br)c1OCC. The van der Waals surface area contributed by atoms with Gasteiger partial charge in [0, 0.05) is 17.1 Å². The Morgan fingerprint density at radius 3 is 2.37 bits per heavy atom. The van der Waals surface area contributed by atoms with Crippen LogP contribution in [0.4, 0.5) is 0 Å². The smallest absolute Gasteiger partial charge is 0.307 e. The van der Waals surface area contributed by atoms with Gasteiger partial charge in [-0.3, -0.25) is 4.79 Å². The van der Waals surface area contributed by atoms with Crippen molar-refractivity contribution in [1.29, 1.82) is 0 Å². The van der Waals surface area contributed by atoms with E-state index in [1.807, 2.05) is 44.2 Å². The van der Waals surface area contributed by atoms with Crippen molar-refractivity contribution < 1.29 is 23.4 Å². The highest BCUT2D eigenvalue weighted by Crippen LogP contribution is 2.36. The van der Waals surface area contributed by atoms with E-state index in [-0.39, 0.29) is 12.4 Å². The Balaban J connectivity index is 1.33. The van der Waals surface area contributed by atoms with Gasteiger partial charge >= 0.3 is 5.91 Å². The number of hydrogen-bond acceptors (Lipinski definition) is 6. The number of carbonyl (C=O) groups is 1. The van der Waals surface area contributed by atoms with Crippen LogP contribution in [0.3, 0.4) is 0 Å². The quantitative estimate of drug-likeness (QED) is 0.160. The lowest BCUT2D eigenvalue weighted by Crippen LogP contribution is -2.16. The van der Waals surface area contributed by atoms with Crippen LogP contribution in [0.15, 0.2) is 74.7 Å². The van der Waals surface area contributed by atoms with Crippen LogP contribution < -0.4 is 19.6 Å². The first kappa shape index (κ1) is 27.1. The molecule has 1 N–H and O–H groups in total. The van der Waals surface area contributed by atoms with Crippen molar-refractivity contribution >= 4 is 28.1 Å². The number of rotatable bonds is 11. The molecule has 0 bridgehead atoms. The van der Waals surface area contributed by atoms with Gasteiger partial charge in [-0.15, -0.1) is 0 Å². The summed E-state index contributed by atoms with van der Waals surface area (Å²) in [5.41, 5.74) is 6.62. The topological polar surface area (TPSA) is 87.2 Å². The summed E-state index contributed by atoms with van der Waals surface area (Å²) in [5, 5.41) is 4.05. The number of benzene rings is 2. The van der Waals surface area contributed by atoms with Crippen LogP contribution in [-0.4, -0.2) is 29.9 Å². The monoisotopic (exact) mass is 579 g/mol. The number of nitrogens with zero attached hydrogens (tertiary/aromatic N) is 2. The highest BCUT2D eigenvalue weighted by atomic mass is 79.9. The maximum absolute atomic E-state index is 12.5. The predicted molar refractivity (Wildman–Crippen MR) is 150 cm³/mol. The number of carbonyl (C=O) groups excluding carboxylic acids is 1. The summed E-state index contributed by atoms with van der Waals surface area (Å²) in [6, 6.07) is 18.9. The van der Waals surface area contributed by atoms with Crippen molar-refractivity contribution in [1.82, 2.24) is 9.99 Å². The summed E-state index contributed by atoms with van der Waals surface area (Å²) in [7, 11) is 0. The third kappa shape index (κ3) is 6.47. The van der Waals surface area contributed by atoms with Gasteiger partial charge in [0.05, 0.1) is 23.9 Å². The molecule has 0 spiro atoms. The van der Waals surface area contributed by atoms with E-state index in [0.717, 1.165) is 15.7 Å². The molecule has 2 aromatic carbocycles. The zero-order valence-electron chi connectivity index (χ0n) is 21.8. The largest absolute Gasteiger partial charge is 0.490 e. The molecular weight excluding hydrogens is 550 g/mol. The number of aryl methyl sites for hydroxylation is 2. The Morgan fingerprint density at radius 2 is 1.68 bits per heavy atom. The van der Waals surface area contributed by atoms with Crippen molar-refractivity contribution in [3.63, 3.8) is 0 Å². The fourth-order valence-electron chi connectivity index (χ4n) is 3.93. The van der Waals surface area contributed by atoms with Gasteiger partial charge in [-0.1, -0.05) is 0 Å². The molecule has 0 fully saturated rings. The molecule has 0 saturated carbocycles. The van der Waals surface area contributed by atoms with Crippen LogP contribution in [-0.2, 0) is 6.61 Å². The van der Waals surface area contributed by atoms with Crippen molar-refractivity contribution in [3.05, 3.63) is 93.6 Å². The third-order valence-corrected chi connectivity index (χ3v) is 6.22. The van der Waals surface area contributed by atoms with Crippen LogP contribution in [0.5, 0.6) is 17.2 Å². The fourth-order valence-corrected chi connectivity index (χ4v) is 4.50. The summed E-state index contributed by atoms with van der Waals surface area (Å²) in [6.07, 6.45) is 1.52. The Kier molecular flexibility index (Phi) is 8.91. The second kappa shape index (κ2) is 12.5. The average Bonchev–Trinajstić information content (AvgIpc) is 3.51. The summed E-state index contributed by atoms with van der Waals surface area (Å²) >= 11 is 3.50. The number of aromatic nitrogens is 1. The third-order valence-electron chi connectivity index (χ3n) is 5.63. The molecule has 8 nitrogen and oxygen atoms in total. The van der Waals surface area contributed by atoms with Gasteiger partial charge < -0.3 is 23.2 Å². The Hall–Kier alpha value is -3.98. The van der Waals surface area contributed by atoms with Crippen molar-refractivity contribution in [2.75, 3.05) is 13.2 Å². The lowest BCUT2D eigenvalue weighted by atomic mass is 10.2. The molecule has 0 aliphatic carbocycles. The van der Waals surface area contributed by atoms with Gasteiger partial charge in [0.1, 0.15) is 18.1 Å². The standard InChI is InChI=1S/C29H30BrN3O5/c1-5-35-27-16-21(15-25(30)28(27)36-6-2)17-31-32-29(34)26-14-13-24(38-26)18-37-23-11-9-22(10-12-23)33-19(3)7-8-20(33)4/h7-17H,5-6,18H2,1-4H3,(H,32,34)/b31-17+. The summed E-state index contributed by atoms with van der Waals surface area (Å²) in [5.74, 6) is 2.12. The van der Waals surface area contributed by atoms with Gasteiger partial charge in [0.2, 0.25) is 0 Å². The van der Waals surface area contributed by atoms with E-state index >= 15 is 0 Å². The molecule has 0 aliphatic heterocycles. The van der Waals surface area contributed by atoms with Gasteiger partial charge in [-0.25, -0.2) is 5.43 Å². The van der Waals surface area contributed by atoms with E-state index in [2.05, 4.69) is 57.0 Å². The number of furan rings is 1. The summed E-state index contributed by atoms with van der Waals surface area (Å²) in [6.45, 7) is 9.15. The van der Waals surface area contributed by atoms with E-state index in [0.29, 0.717) is 36.2 Å². The molecule has 0 radical (unpaired) electrons. The number of hydrogen-bond donors (Lipinski definition) is 1. The minimum atomic E-state index is -0.468. The molecule has 38 heavy (non-hydrogen) atoms. The average molecular weight is 580 g/mol. The molecule has 0 saturated heterocycles. The van der Waals surface area contributed by atoms with Crippen LogP contribution in [0.2, 0.25) is 0 Å². The van der Waals surface area contributed by atoms with Crippen molar-refractivity contribution in [2.24, 2.45) is 5.10 Å². The van der Waals surface area contributed by atoms with Crippen LogP contribution in [0.1, 0.15) is 47.1 Å². The molecule has 198 valence electrons. The van der Waals surface area contributed by atoms with E-state index in [4.69, 9.17) is 18.6 Å². The number of hydrazone groups is 1. The first-order valence-electron chi connectivity index (χ1n) is 12.3. The Labute approximate surface area is 230 Å². The lowest BCUT2D eigenvalue weighted by molar-refractivity contribution is 0.0923. The highest BCUT2D eigenvalue weighted by molar-refractivity contribution is 9.10. The molecule has 0 unspecified atom stereocenters. The number of halogens is 1. The molecular formula is C29H30BrN3O5. The van der Waals surface area contributed by atoms with E-state index in [1.54, 1.807) is 18.2 Å². The van der Waals surface area contributed by atoms with Gasteiger partial charge in [0.25, 0.3) is 0 Å². The van der Waals surface area contributed by atoms with Crippen LogP contribution in [0.25, 0.3) is 5.69 Å². The molecule has 1 amide bonds. The van der Waals surface area contributed by atoms with Crippen LogP contribution in [0, 0.1) is 13.8 Å². The molecule has 4 rings (SSSR count). The minimum absolute atomic E-state index is 0.137. The normalized spacial score (nSPS) is 11.1.